The normalized spacial score (nSPS) is 11.4. The molecule has 2 rings (SSSR count). The zero-order chi connectivity index (χ0) is 21.4. The predicted octanol–water partition coefficient (Wildman–Crippen LogP) is 4.88. The van der Waals surface area contributed by atoms with Crippen LogP contribution in [0.3, 0.4) is 0 Å². The first-order valence-electron chi connectivity index (χ1n) is 9.95. The molecule has 0 aliphatic rings. The van der Waals surface area contributed by atoms with Crippen molar-refractivity contribution < 1.29 is 14.3 Å². The molecule has 0 radical (unpaired) electrons. The van der Waals surface area contributed by atoms with Crippen LogP contribution < -0.4 is 5.32 Å². The number of carbonyl (C=O) groups excluding carboxylic acids is 2. The van der Waals surface area contributed by atoms with E-state index in [4.69, 9.17) is 10.1 Å². The van der Waals surface area contributed by atoms with E-state index in [1.807, 2.05) is 45.2 Å². The highest BCUT2D eigenvalue weighted by atomic mass is 32.2. The lowest BCUT2D eigenvalue weighted by molar-refractivity contribution is -0.154. The van der Waals surface area contributed by atoms with Gasteiger partial charge in [0.2, 0.25) is 0 Å². The number of benzene rings is 1. The van der Waals surface area contributed by atoms with Crippen molar-refractivity contribution in [2.45, 2.75) is 58.5 Å². The van der Waals surface area contributed by atoms with Gasteiger partial charge in [-0.1, -0.05) is 25.0 Å². The fourth-order valence-corrected chi connectivity index (χ4v) is 3.37. The number of unbranched alkanes of at least 4 members (excludes halogenated alkanes) is 3. The molecule has 0 saturated heterocycles. The molecule has 6 nitrogen and oxygen atoms in total. The minimum absolute atomic E-state index is 0.0994. The van der Waals surface area contributed by atoms with Crippen molar-refractivity contribution >= 4 is 39.6 Å². The van der Waals surface area contributed by atoms with Gasteiger partial charge in [-0.15, -0.1) is 11.8 Å². The van der Waals surface area contributed by atoms with Crippen molar-refractivity contribution in [1.82, 2.24) is 10.3 Å². The molecule has 3 N–H and O–H groups in total. The van der Waals surface area contributed by atoms with Crippen molar-refractivity contribution in [2.24, 2.45) is 0 Å². The molecule has 0 saturated carbocycles. The zero-order valence-electron chi connectivity index (χ0n) is 17.7. The quantitative estimate of drug-likeness (QED) is 0.235. The summed E-state index contributed by atoms with van der Waals surface area (Å²) in [6, 6.07) is 5.66. The summed E-state index contributed by atoms with van der Waals surface area (Å²) in [7, 11) is 0. The van der Waals surface area contributed by atoms with Gasteiger partial charge in [0.15, 0.2) is 0 Å². The predicted molar refractivity (Wildman–Crippen MR) is 120 cm³/mol. The molecule has 29 heavy (non-hydrogen) atoms. The summed E-state index contributed by atoms with van der Waals surface area (Å²) < 4.78 is 5.29. The van der Waals surface area contributed by atoms with E-state index >= 15 is 0 Å². The molecule has 1 aromatic heterocycles. The average molecular weight is 418 g/mol. The molecule has 0 spiro atoms. The van der Waals surface area contributed by atoms with Crippen molar-refractivity contribution in [3.05, 3.63) is 35.5 Å². The highest BCUT2D eigenvalue weighted by Gasteiger charge is 2.15. The molecule has 0 bridgehead atoms. The zero-order valence-corrected chi connectivity index (χ0v) is 18.5. The number of hydrogen-bond donors (Lipinski definition) is 3. The van der Waals surface area contributed by atoms with E-state index in [0.29, 0.717) is 23.6 Å². The number of aromatic amines is 1. The van der Waals surface area contributed by atoms with E-state index in [9.17, 15) is 9.59 Å². The first kappa shape index (κ1) is 23.0. The van der Waals surface area contributed by atoms with Crippen LogP contribution >= 0.6 is 11.8 Å². The lowest BCUT2D eigenvalue weighted by Gasteiger charge is -2.19. The van der Waals surface area contributed by atoms with Crippen LogP contribution in [0.25, 0.3) is 10.9 Å². The van der Waals surface area contributed by atoms with Gasteiger partial charge in [0.1, 0.15) is 5.60 Å². The molecule has 2 aromatic rings. The van der Waals surface area contributed by atoms with Gasteiger partial charge in [0, 0.05) is 35.6 Å². The molecule has 0 unspecified atom stereocenters. The monoisotopic (exact) mass is 417 g/mol. The third-order valence-corrected chi connectivity index (χ3v) is 5.05. The number of carbonyl (C=O) groups is 2. The molecule has 1 amide bonds. The molecule has 7 heteroatoms. The van der Waals surface area contributed by atoms with Gasteiger partial charge < -0.3 is 15.0 Å². The van der Waals surface area contributed by atoms with Crippen molar-refractivity contribution in [1.29, 1.82) is 5.41 Å². The number of hydrogen-bond acceptors (Lipinski definition) is 5. The highest BCUT2D eigenvalue weighted by molar-refractivity contribution is 8.13. The van der Waals surface area contributed by atoms with E-state index < -0.39 is 5.60 Å². The number of amides is 1. The van der Waals surface area contributed by atoms with Gasteiger partial charge in [-0.3, -0.25) is 15.0 Å². The van der Waals surface area contributed by atoms with E-state index in [1.165, 1.54) is 11.8 Å². The fourth-order valence-electron chi connectivity index (χ4n) is 3.01. The Morgan fingerprint density at radius 3 is 2.59 bits per heavy atom. The largest absolute Gasteiger partial charge is 0.460 e. The number of thioether (sulfide) groups is 1. The van der Waals surface area contributed by atoms with E-state index in [-0.39, 0.29) is 11.9 Å². The SMILES string of the molecule is CSC(=N)c1ccc2c(C(=O)NCCCCCCC(=O)OC(C)(C)C)c[nH]c2c1. The van der Waals surface area contributed by atoms with Gasteiger partial charge in [-0.25, -0.2) is 0 Å². The molecule has 0 aliphatic heterocycles. The summed E-state index contributed by atoms with van der Waals surface area (Å²) in [5.41, 5.74) is 1.88. The molecule has 0 fully saturated rings. The number of rotatable bonds is 9. The first-order chi connectivity index (χ1) is 13.7. The number of aromatic nitrogens is 1. The Kier molecular flexibility index (Phi) is 8.32. The molecular weight excluding hydrogens is 386 g/mol. The van der Waals surface area contributed by atoms with Crippen LogP contribution in [-0.2, 0) is 9.53 Å². The maximum Gasteiger partial charge on any atom is 0.306 e. The Morgan fingerprint density at radius 2 is 1.90 bits per heavy atom. The van der Waals surface area contributed by atoms with Gasteiger partial charge in [-0.2, -0.15) is 0 Å². The lowest BCUT2D eigenvalue weighted by atomic mass is 10.1. The van der Waals surface area contributed by atoms with Crippen molar-refractivity contribution in [3.8, 4) is 0 Å². The highest BCUT2D eigenvalue weighted by Crippen LogP contribution is 2.21. The summed E-state index contributed by atoms with van der Waals surface area (Å²) in [6.45, 7) is 6.22. The third kappa shape index (κ3) is 7.24. The Labute approximate surface area is 176 Å². The van der Waals surface area contributed by atoms with Gasteiger partial charge in [-0.05, 0) is 45.9 Å². The van der Waals surface area contributed by atoms with Crippen LogP contribution in [0.5, 0.6) is 0 Å². The second-order valence-corrected chi connectivity index (χ2v) is 8.82. The lowest BCUT2D eigenvalue weighted by Crippen LogP contribution is -2.24. The average Bonchev–Trinajstić information content (AvgIpc) is 3.08. The standard InChI is InChI=1S/C22H31N3O3S/c1-22(2,3)28-19(26)9-7-5-6-8-12-24-21(27)17-14-25-18-13-15(20(23)29-4)10-11-16(17)18/h10-11,13-14,23,25H,5-9,12H2,1-4H3,(H,24,27). The van der Waals surface area contributed by atoms with Crippen LogP contribution in [0.4, 0.5) is 0 Å². The first-order valence-corrected chi connectivity index (χ1v) is 11.2. The molecule has 158 valence electrons. The van der Waals surface area contributed by atoms with Crippen LogP contribution in [0.15, 0.2) is 24.4 Å². The van der Waals surface area contributed by atoms with E-state index in [0.717, 1.165) is 42.1 Å². The smallest absolute Gasteiger partial charge is 0.306 e. The Morgan fingerprint density at radius 1 is 1.17 bits per heavy atom. The van der Waals surface area contributed by atoms with Crippen LogP contribution in [0.2, 0.25) is 0 Å². The van der Waals surface area contributed by atoms with Gasteiger partial charge in [0.25, 0.3) is 5.91 Å². The second-order valence-electron chi connectivity index (χ2n) is 8.00. The summed E-state index contributed by atoms with van der Waals surface area (Å²) in [6.07, 6.45) is 7.60. The Bertz CT molecular complexity index is 868. The van der Waals surface area contributed by atoms with Crippen LogP contribution in [0.1, 0.15) is 68.8 Å². The fraction of sp³-hybridized carbons (Fsp3) is 0.500. The topological polar surface area (TPSA) is 95.0 Å². The minimum atomic E-state index is -0.429. The van der Waals surface area contributed by atoms with E-state index in [2.05, 4.69) is 10.3 Å². The van der Waals surface area contributed by atoms with E-state index in [1.54, 1.807) is 6.20 Å². The summed E-state index contributed by atoms with van der Waals surface area (Å²) in [4.78, 5) is 27.2. The van der Waals surface area contributed by atoms with Crippen LogP contribution in [-0.4, -0.2) is 40.3 Å². The number of fused-ring (bicyclic) bond motifs is 1. The molecule has 1 heterocycles. The number of esters is 1. The number of ether oxygens (including phenoxy) is 1. The van der Waals surface area contributed by atoms with Gasteiger partial charge in [0.05, 0.1) is 10.6 Å². The maximum absolute atomic E-state index is 12.5. The van der Waals surface area contributed by atoms with Gasteiger partial charge >= 0.3 is 5.97 Å². The summed E-state index contributed by atoms with van der Waals surface area (Å²) in [5, 5.41) is 12.2. The molecule has 1 aromatic carbocycles. The van der Waals surface area contributed by atoms with Crippen LogP contribution in [0, 0.1) is 5.41 Å². The van der Waals surface area contributed by atoms with Crippen molar-refractivity contribution in [2.75, 3.05) is 12.8 Å². The molecule has 0 aliphatic carbocycles. The summed E-state index contributed by atoms with van der Waals surface area (Å²) >= 11 is 1.39. The minimum Gasteiger partial charge on any atom is -0.460 e. The maximum atomic E-state index is 12.5. The Hall–Kier alpha value is -2.28. The number of H-pyrrole nitrogens is 1. The van der Waals surface area contributed by atoms with Crippen molar-refractivity contribution in [3.63, 3.8) is 0 Å². The Balaban J connectivity index is 1.72. The number of nitrogens with one attached hydrogen (secondary N) is 3. The molecule has 0 atom stereocenters. The molecular formula is C22H31N3O3S. The third-order valence-electron chi connectivity index (χ3n) is 4.41. The second kappa shape index (κ2) is 10.5. The summed E-state index contributed by atoms with van der Waals surface area (Å²) in [5.74, 6) is -0.251.